The summed E-state index contributed by atoms with van der Waals surface area (Å²) in [6.45, 7) is 4.92. The topological polar surface area (TPSA) is 58.3 Å². The second-order valence-electron chi connectivity index (χ2n) is 5.44. The van der Waals surface area contributed by atoms with Crippen molar-refractivity contribution < 1.29 is 5.11 Å². The van der Waals surface area contributed by atoms with E-state index in [2.05, 4.69) is 5.32 Å². The SMILES string of the molecule is CC1(O)CC(CN)(C2CCNCC2)C1. The summed E-state index contributed by atoms with van der Waals surface area (Å²) in [4.78, 5) is 0. The molecule has 4 N–H and O–H groups in total. The van der Waals surface area contributed by atoms with E-state index < -0.39 is 5.60 Å². The van der Waals surface area contributed by atoms with Crippen LogP contribution in [0.4, 0.5) is 0 Å². The molecule has 1 heterocycles. The van der Waals surface area contributed by atoms with E-state index in [9.17, 15) is 5.11 Å². The van der Waals surface area contributed by atoms with E-state index in [0.29, 0.717) is 0 Å². The minimum absolute atomic E-state index is 0.256. The van der Waals surface area contributed by atoms with E-state index in [4.69, 9.17) is 5.73 Å². The van der Waals surface area contributed by atoms with E-state index >= 15 is 0 Å². The lowest BCUT2D eigenvalue weighted by Gasteiger charge is -2.56. The Labute approximate surface area is 86.1 Å². The summed E-state index contributed by atoms with van der Waals surface area (Å²) in [6, 6.07) is 0. The van der Waals surface area contributed by atoms with Crippen LogP contribution in [0.3, 0.4) is 0 Å². The van der Waals surface area contributed by atoms with Crippen molar-refractivity contribution in [1.82, 2.24) is 5.32 Å². The third-order valence-corrected chi connectivity index (χ3v) is 4.08. The molecule has 2 aliphatic rings. The monoisotopic (exact) mass is 198 g/mol. The van der Waals surface area contributed by atoms with Gasteiger partial charge in [-0.15, -0.1) is 0 Å². The molecule has 0 aromatic heterocycles. The molecule has 0 unspecified atom stereocenters. The summed E-state index contributed by atoms with van der Waals surface area (Å²) >= 11 is 0. The van der Waals surface area contributed by atoms with E-state index in [-0.39, 0.29) is 5.41 Å². The first-order valence-electron chi connectivity index (χ1n) is 5.71. The van der Waals surface area contributed by atoms with Gasteiger partial charge in [0.15, 0.2) is 0 Å². The average Bonchev–Trinajstić information content (AvgIpc) is 2.15. The van der Waals surface area contributed by atoms with Crippen LogP contribution in [0, 0.1) is 11.3 Å². The third-order valence-electron chi connectivity index (χ3n) is 4.08. The fourth-order valence-corrected chi connectivity index (χ4v) is 3.50. The first-order valence-corrected chi connectivity index (χ1v) is 5.71. The van der Waals surface area contributed by atoms with Gasteiger partial charge in [0.1, 0.15) is 0 Å². The van der Waals surface area contributed by atoms with E-state index in [1.54, 1.807) is 0 Å². The molecule has 0 atom stereocenters. The van der Waals surface area contributed by atoms with Crippen LogP contribution >= 0.6 is 0 Å². The number of aliphatic hydroxyl groups is 1. The van der Waals surface area contributed by atoms with Crippen molar-refractivity contribution in [2.45, 2.75) is 38.2 Å². The maximum Gasteiger partial charge on any atom is 0.0631 e. The molecule has 0 amide bonds. The molecule has 2 fully saturated rings. The van der Waals surface area contributed by atoms with Crippen molar-refractivity contribution in [2.24, 2.45) is 17.1 Å². The highest BCUT2D eigenvalue weighted by atomic mass is 16.3. The predicted octanol–water partition coefficient (Wildman–Crippen LogP) is 0.476. The van der Waals surface area contributed by atoms with Gasteiger partial charge >= 0.3 is 0 Å². The van der Waals surface area contributed by atoms with Gasteiger partial charge in [0.2, 0.25) is 0 Å². The molecule has 0 radical (unpaired) electrons. The van der Waals surface area contributed by atoms with Crippen LogP contribution in [0.25, 0.3) is 0 Å². The van der Waals surface area contributed by atoms with Crippen molar-refractivity contribution in [3.05, 3.63) is 0 Å². The zero-order chi connectivity index (χ0) is 10.2. The summed E-state index contributed by atoms with van der Waals surface area (Å²) in [7, 11) is 0. The molecule has 1 aliphatic heterocycles. The quantitative estimate of drug-likeness (QED) is 0.605. The molecule has 3 nitrogen and oxygen atoms in total. The maximum atomic E-state index is 9.84. The summed E-state index contributed by atoms with van der Waals surface area (Å²) in [5, 5.41) is 13.2. The molecular formula is C11H22N2O. The highest BCUT2D eigenvalue weighted by Gasteiger charge is 2.53. The molecule has 1 saturated heterocycles. The van der Waals surface area contributed by atoms with Gasteiger partial charge in [-0.05, 0) is 63.6 Å². The minimum Gasteiger partial charge on any atom is -0.390 e. The van der Waals surface area contributed by atoms with Crippen LogP contribution in [0.2, 0.25) is 0 Å². The lowest BCUT2D eigenvalue weighted by molar-refractivity contribution is -0.141. The van der Waals surface area contributed by atoms with E-state index in [1.165, 1.54) is 12.8 Å². The summed E-state index contributed by atoms with van der Waals surface area (Å²) in [5.41, 5.74) is 5.70. The molecule has 14 heavy (non-hydrogen) atoms. The Morgan fingerprint density at radius 2 is 1.93 bits per heavy atom. The van der Waals surface area contributed by atoms with Crippen LogP contribution < -0.4 is 11.1 Å². The molecule has 0 spiro atoms. The van der Waals surface area contributed by atoms with Crippen molar-refractivity contribution >= 4 is 0 Å². The number of hydrogen-bond donors (Lipinski definition) is 3. The van der Waals surface area contributed by atoms with Gasteiger partial charge in [-0.1, -0.05) is 0 Å². The second-order valence-corrected chi connectivity index (χ2v) is 5.44. The molecule has 82 valence electrons. The second kappa shape index (κ2) is 3.47. The lowest BCUT2D eigenvalue weighted by Crippen LogP contribution is -2.58. The van der Waals surface area contributed by atoms with Gasteiger partial charge < -0.3 is 16.2 Å². The number of nitrogens with one attached hydrogen (secondary N) is 1. The van der Waals surface area contributed by atoms with E-state index in [1.807, 2.05) is 6.92 Å². The Morgan fingerprint density at radius 3 is 2.36 bits per heavy atom. The van der Waals surface area contributed by atoms with Crippen molar-refractivity contribution in [1.29, 1.82) is 0 Å². The van der Waals surface area contributed by atoms with Crippen LogP contribution in [-0.2, 0) is 0 Å². The highest BCUT2D eigenvalue weighted by Crippen LogP contribution is 2.54. The highest BCUT2D eigenvalue weighted by molar-refractivity contribution is 5.06. The molecule has 1 aliphatic carbocycles. The number of hydrogen-bond acceptors (Lipinski definition) is 3. The average molecular weight is 198 g/mol. The van der Waals surface area contributed by atoms with Gasteiger partial charge in [0.05, 0.1) is 5.60 Å². The summed E-state index contributed by atoms with van der Waals surface area (Å²) in [5.74, 6) is 0.731. The fraction of sp³-hybridized carbons (Fsp3) is 1.00. The van der Waals surface area contributed by atoms with Crippen LogP contribution in [0.5, 0.6) is 0 Å². The summed E-state index contributed by atoms with van der Waals surface area (Å²) < 4.78 is 0. The van der Waals surface area contributed by atoms with Crippen LogP contribution in [0.15, 0.2) is 0 Å². The largest absolute Gasteiger partial charge is 0.390 e. The smallest absolute Gasteiger partial charge is 0.0631 e. The molecule has 3 heteroatoms. The molecule has 2 rings (SSSR count). The minimum atomic E-state index is -0.440. The van der Waals surface area contributed by atoms with Crippen molar-refractivity contribution in [3.8, 4) is 0 Å². The van der Waals surface area contributed by atoms with Gasteiger partial charge in [0, 0.05) is 0 Å². The Balaban J connectivity index is 1.99. The van der Waals surface area contributed by atoms with Gasteiger partial charge in [-0.2, -0.15) is 0 Å². The zero-order valence-corrected chi connectivity index (χ0v) is 9.05. The molecule has 0 aromatic rings. The Kier molecular flexibility index (Phi) is 2.58. The van der Waals surface area contributed by atoms with Crippen LogP contribution in [0.1, 0.15) is 32.6 Å². The first-order chi connectivity index (χ1) is 6.58. The predicted molar refractivity (Wildman–Crippen MR) is 56.9 cm³/mol. The standard InChI is InChI=1S/C11H22N2O/c1-10(14)6-11(7-10,8-12)9-2-4-13-5-3-9/h9,13-14H,2-8,12H2,1H3. The Bertz CT molecular complexity index is 201. The van der Waals surface area contributed by atoms with Crippen molar-refractivity contribution in [3.63, 3.8) is 0 Å². The van der Waals surface area contributed by atoms with E-state index in [0.717, 1.165) is 38.4 Å². The first kappa shape index (κ1) is 10.4. The Morgan fingerprint density at radius 1 is 1.36 bits per heavy atom. The summed E-state index contributed by atoms with van der Waals surface area (Å²) in [6.07, 6.45) is 4.27. The zero-order valence-electron chi connectivity index (χ0n) is 9.05. The van der Waals surface area contributed by atoms with Gasteiger partial charge in [0.25, 0.3) is 0 Å². The molecule has 0 aromatic carbocycles. The van der Waals surface area contributed by atoms with Gasteiger partial charge in [-0.25, -0.2) is 0 Å². The van der Waals surface area contributed by atoms with Crippen molar-refractivity contribution in [2.75, 3.05) is 19.6 Å². The fourth-order valence-electron chi connectivity index (χ4n) is 3.50. The number of piperidine rings is 1. The Hall–Kier alpha value is -0.120. The molecule has 1 saturated carbocycles. The third kappa shape index (κ3) is 1.69. The molecular weight excluding hydrogens is 176 g/mol. The van der Waals surface area contributed by atoms with Gasteiger partial charge in [-0.3, -0.25) is 0 Å². The normalized spacial score (nSPS) is 44.8. The van der Waals surface area contributed by atoms with Crippen LogP contribution in [-0.4, -0.2) is 30.3 Å². The number of nitrogens with two attached hydrogens (primary N) is 1. The lowest BCUT2D eigenvalue weighted by atomic mass is 9.52. The number of rotatable bonds is 2. The maximum absolute atomic E-state index is 9.84. The molecule has 0 bridgehead atoms.